The molecule has 0 amide bonds. The zero-order valence-electron chi connectivity index (χ0n) is 16.3. The van der Waals surface area contributed by atoms with Gasteiger partial charge in [0.1, 0.15) is 23.3 Å². The van der Waals surface area contributed by atoms with Gasteiger partial charge in [0.25, 0.3) is 0 Å². The fraction of sp³-hybridized carbons (Fsp3) is 0.0909. The highest BCUT2D eigenvalue weighted by Crippen LogP contribution is 2.39. The highest BCUT2D eigenvalue weighted by atomic mass is 35.5. The van der Waals surface area contributed by atoms with Crippen molar-refractivity contribution in [2.24, 2.45) is 14.1 Å². The van der Waals surface area contributed by atoms with E-state index in [1.54, 1.807) is 29.8 Å². The normalized spacial score (nSPS) is 11.3. The van der Waals surface area contributed by atoms with Crippen molar-refractivity contribution in [2.45, 2.75) is 0 Å². The van der Waals surface area contributed by atoms with Crippen LogP contribution < -0.4 is 10.1 Å². The van der Waals surface area contributed by atoms with Crippen LogP contribution in [-0.2, 0) is 14.1 Å². The Bertz CT molecular complexity index is 1410. The van der Waals surface area contributed by atoms with Crippen molar-refractivity contribution >= 4 is 44.9 Å². The number of anilines is 2. The van der Waals surface area contributed by atoms with Gasteiger partial charge >= 0.3 is 0 Å². The van der Waals surface area contributed by atoms with Crippen LogP contribution in [0.25, 0.3) is 21.8 Å². The van der Waals surface area contributed by atoms with Gasteiger partial charge in [-0.15, -0.1) is 0 Å². The minimum absolute atomic E-state index is 0.144. The summed E-state index contributed by atoms with van der Waals surface area (Å²) in [5.41, 5.74) is 2.53. The van der Waals surface area contributed by atoms with Gasteiger partial charge in [0, 0.05) is 37.6 Å². The number of rotatable bonds is 4. The van der Waals surface area contributed by atoms with E-state index in [0.717, 1.165) is 22.1 Å². The van der Waals surface area contributed by atoms with Gasteiger partial charge in [0.2, 0.25) is 5.88 Å². The average Bonchev–Trinajstić information content (AvgIpc) is 3.25. The number of hydrogen-bond acceptors (Lipinski definition) is 5. The Morgan fingerprint density at radius 1 is 1.03 bits per heavy atom. The highest BCUT2D eigenvalue weighted by Gasteiger charge is 2.14. The maximum absolute atomic E-state index is 10.4. The smallest absolute Gasteiger partial charge is 0.202 e. The first kappa shape index (κ1) is 18.3. The predicted molar refractivity (Wildman–Crippen MR) is 118 cm³/mol. The lowest BCUT2D eigenvalue weighted by atomic mass is 10.2. The van der Waals surface area contributed by atoms with E-state index in [0.29, 0.717) is 27.7 Å². The number of aryl methyl sites for hydroxylation is 2. The molecule has 30 heavy (non-hydrogen) atoms. The minimum Gasteiger partial charge on any atom is -0.494 e. The van der Waals surface area contributed by atoms with Gasteiger partial charge < -0.3 is 24.3 Å². The van der Waals surface area contributed by atoms with Crippen molar-refractivity contribution in [3.63, 3.8) is 0 Å². The summed E-state index contributed by atoms with van der Waals surface area (Å²) in [5.74, 6) is 1.86. The summed E-state index contributed by atoms with van der Waals surface area (Å²) in [7, 11) is 3.73. The van der Waals surface area contributed by atoms with Crippen molar-refractivity contribution < 1.29 is 9.84 Å². The molecule has 0 bridgehead atoms. The third-order valence-corrected chi connectivity index (χ3v) is 5.32. The van der Waals surface area contributed by atoms with Gasteiger partial charge in [-0.3, -0.25) is 0 Å². The quantitative estimate of drug-likeness (QED) is 0.410. The molecule has 0 unspecified atom stereocenters. The third kappa shape index (κ3) is 3.00. The standard InChI is InChI=1S/C22H18ClN5O2/c1-27-9-8-16-20(27)21(25-12-24-16)26-14-6-7-17(15(23)10-14)30-18-5-3-4-13-11-28(2)22(29)19(13)18/h3-12,29H,1-2H3,(H,24,25,26). The first-order chi connectivity index (χ1) is 14.5. The van der Waals surface area contributed by atoms with Gasteiger partial charge in [0.15, 0.2) is 5.82 Å². The number of aromatic nitrogens is 4. The Hall–Kier alpha value is -3.71. The van der Waals surface area contributed by atoms with Crippen LogP contribution in [0.1, 0.15) is 0 Å². The van der Waals surface area contributed by atoms with E-state index in [9.17, 15) is 5.11 Å². The summed E-state index contributed by atoms with van der Waals surface area (Å²) in [6.07, 6.45) is 5.31. The molecule has 3 heterocycles. The van der Waals surface area contributed by atoms with Crippen LogP contribution in [0.2, 0.25) is 5.02 Å². The molecule has 0 aliphatic heterocycles. The Kier molecular flexibility index (Phi) is 4.25. The summed E-state index contributed by atoms with van der Waals surface area (Å²) in [5, 5.41) is 15.6. The van der Waals surface area contributed by atoms with E-state index in [1.807, 2.05) is 48.3 Å². The van der Waals surface area contributed by atoms with E-state index in [4.69, 9.17) is 16.3 Å². The molecule has 0 atom stereocenters. The zero-order valence-corrected chi connectivity index (χ0v) is 17.1. The maximum atomic E-state index is 10.4. The molecular weight excluding hydrogens is 402 g/mol. The van der Waals surface area contributed by atoms with E-state index < -0.39 is 0 Å². The monoisotopic (exact) mass is 419 g/mol. The molecule has 7 nitrogen and oxygen atoms in total. The van der Waals surface area contributed by atoms with Crippen molar-refractivity contribution in [1.29, 1.82) is 0 Å². The molecule has 5 rings (SSSR count). The molecule has 0 fully saturated rings. The molecule has 0 radical (unpaired) electrons. The van der Waals surface area contributed by atoms with Gasteiger partial charge in [-0.1, -0.05) is 23.7 Å². The number of benzene rings is 2. The minimum atomic E-state index is 0.144. The molecule has 2 aromatic carbocycles. The van der Waals surface area contributed by atoms with E-state index in [1.165, 1.54) is 6.33 Å². The van der Waals surface area contributed by atoms with E-state index in [-0.39, 0.29) is 5.88 Å². The van der Waals surface area contributed by atoms with Gasteiger partial charge in [-0.2, -0.15) is 0 Å². The molecular formula is C22H18ClN5O2. The van der Waals surface area contributed by atoms with Crippen LogP contribution in [0, 0.1) is 0 Å². The largest absolute Gasteiger partial charge is 0.494 e. The number of nitrogens with one attached hydrogen (secondary N) is 1. The molecule has 0 saturated heterocycles. The molecule has 5 aromatic rings. The lowest BCUT2D eigenvalue weighted by molar-refractivity contribution is 0.433. The van der Waals surface area contributed by atoms with Crippen molar-refractivity contribution in [3.05, 3.63) is 66.2 Å². The van der Waals surface area contributed by atoms with Crippen LogP contribution in [0.15, 0.2) is 61.2 Å². The van der Waals surface area contributed by atoms with Crippen molar-refractivity contribution in [1.82, 2.24) is 19.1 Å². The lowest BCUT2D eigenvalue weighted by Gasteiger charge is -2.12. The van der Waals surface area contributed by atoms with Gasteiger partial charge in [0.05, 0.1) is 15.9 Å². The zero-order chi connectivity index (χ0) is 20.8. The molecule has 0 aliphatic rings. The lowest BCUT2D eigenvalue weighted by Crippen LogP contribution is -1.98. The number of aromatic hydroxyl groups is 1. The maximum Gasteiger partial charge on any atom is 0.202 e. The Balaban J connectivity index is 1.46. The van der Waals surface area contributed by atoms with E-state index in [2.05, 4.69) is 15.3 Å². The number of nitrogens with zero attached hydrogens (tertiary/aromatic N) is 4. The fourth-order valence-electron chi connectivity index (χ4n) is 3.55. The first-order valence-electron chi connectivity index (χ1n) is 9.29. The Morgan fingerprint density at radius 3 is 2.73 bits per heavy atom. The predicted octanol–water partition coefficient (Wildman–Crippen LogP) is 5.35. The number of fused-ring (bicyclic) bond motifs is 2. The molecule has 8 heteroatoms. The summed E-state index contributed by atoms with van der Waals surface area (Å²) in [4.78, 5) is 8.63. The van der Waals surface area contributed by atoms with Crippen LogP contribution in [0.4, 0.5) is 11.5 Å². The van der Waals surface area contributed by atoms with Crippen LogP contribution in [-0.4, -0.2) is 24.2 Å². The van der Waals surface area contributed by atoms with E-state index >= 15 is 0 Å². The number of halogens is 1. The number of hydrogen-bond donors (Lipinski definition) is 2. The van der Waals surface area contributed by atoms with Crippen LogP contribution in [0.3, 0.4) is 0 Å². The summed E-state index contributed by atoms with van der Waals surface area (Å²) in [6.45, 7) is 0. The summed E-state index contributed by atoms with van der Waals surface area (Å²) in [6, 6.07) is 13.0. The molecule has 2 N–H and O–H groups in total. The second-order valence-corrected chi connectivity index (χ2v) is 7.45. The summed E-state index contributed by atoms with van der Waals surface area (Å²) < 4.78 is 9.65. The second kappa shape index (κ2) is 6.96. The van der Waals surface area contributed by atoms with Gasteiger partial charge in [-0.05, 0) is 30.3 Å². The van der Waals surface area contributed by atoms with Crippen LogP contribution in [0.5, 0.6) is 17.4 Å². The summed E-state index contributed by atoms with van der Waals surface area (Å²) >= 11 is 6.50. The van der Waals surface area contributed by atoms with Crippen molar-refractivity contribution in [3.8, 4) is 17.4 Å². The Morgan fingerprint density at radius 2 is 1.90 bits per heavy atom. The van der Waals surface area contributed by atoms with Gasteiger partial charge in [-0.25, -0.2) is 9.97 Å². The Labute approximate surface area is 177 Å². The molecule has 0 spiro atoms. The first-order valence-corrected chi connectivity index (χ1v) is 9.66. The highest BCUT2D eigenvalue weighted by molar-refractivity contribution is 6.32. The fourth-order valence-corrected chi connectivity index (χ4v) is 3.77. The number of ether oxygens (including phenoxy) is 1. The molecule has 0 saturated carbocycles. The molecule has 150 valence electrons. The topological polar surface area (TPSA) is 77.1 Å². The second-order valence-electron chi connectivity index (χ2n) is 7.04. The van der Waals surface area contributed by atoms with Crippen LogP contribution >= 0.6 is 11.6 Å². The van der Waals surface area contributed by atoms with Crippen molar-refractivity contribution in [2.75, 3.05) is 5.32 Å². The molecule has 0 aliphatic carbocycles. The molecule has 3 aromatic heterocycles. The SMILES string of the molecule is Cn1cc2cccc(Oc3ccc(Nc4ncnc5ccn(C)c45)cc3Cl)c2c1O. The average molecular weight is 420 g/mol. The third-order valence-electron chi connectivity index (χ3n) is 5.02.